The fourth-order valence-electron chi connectivity index (χ4n) is 1.81. The number of halogens is 1. The van der Waals surface area contributed by atoms with Crippen LogP contribution in [0.3, 0.4) is 0 Å². The van der Waals surface area contributed by atoms with Gasteiger partial charge in [0.25, 0.3) is 0 Å². The fourth-order valence-corrected chi connectivity index (χ4v) is 2.80. The molecule has 0 aliphatic rings. The van der Waals surface area contributed by atoms with E-state index in [1.807, 2.05) is 12.1 Å². The van der Waals surface area contributed by atoms with E-state index < -0.39 is 6.10 Å². The summed E-state index contributed by atoms with van der Waals surface area (Å²) in [7, 11) is 1.55. The van der Waals surface area contributed by atoms with E-state index >= 15 is 0 Å². The Hall–Kier alpha value is -1.52. The lowest BCUT2D eigenvalue weighted by Crippen LogP contribution is -1.98. The van der Waals surface area contributed by atoms with E-state index in [2.05, 4.69) is 0 Å². The van der Waals surface area contributed by atoms with Gasteiger partial charge in [-0.2, -0.15) is 0 Å². The van der Waals surface area contributed by atoms with Gasteiger partial charge in [-0.05, 0) is 25.1 Å². The molecule has 0 amide bonds. The van der Waals surface area contributed by atoms with Crippen molar-refractivity contribution in [2.75, 3.05) is 7.11 Å². The average molecular weight is 278 g/mol. The molecule has 0 spiro atoms. The number of para-hydroxylation sites is 1. The Balaban J connectivity index is 2.40. The largest absolute Gasteiger partial charge is 0.495 e. The zero-order valence-electron chi connectivity index (χ0n) is 10.8. The minimum Gasteiger partial charge on any atom is -0.495 e. The highest BCUT2D eigenvalue weighted by atomic mass is 32.2. The van der Waals surface area contributed by atoms with Crippen LogP contribution >= 0.6 is 11.8 Å². The average Bonchev–Trinajstić information content (AvgIpc) is 2.41. The third-order valence-electron chi connectivity index (χ3n) is 2.72. The van der Waals surface area contributed by atoms with Crippen LogP contribution in [0.2, 0.25) is 0 Å². The maximum absolute atomic E-state index is 13.7. The number of hydrogen-bond acceptors (Lipinski definition) is 3. The van der Waals surface area contributed by atoms with Crippen molar-refractivity contribution in [1.82, 2.24) is 0 Å². The smallest absolute Gasteiger partial charge is 0.138 e. The summed E-state index contributed by atoms with van der Waals surface area (Å²) in [6.07, 6.45) is -0.629. The molecule has 0 fully saturated rings. The van der Waals surface area contributed by atoms with Gasteiger partial charge in [-0.15, -0.1) is 0 Å². The van der Waals surface area contributed by atoms with E-state index in [0.29, 0.717) is 16.2 Å². The van der Waals surface area contributed by atoms with Gasteiger partial charge in [0, 0.05) is 10.5 Å². The van der Waals surface area contributed by atoms with Gasteiger partial charge in [-0.25, -0.2) is 4.39 Å². The molecule has 0 aliphatic carbocycles. The summed E-state index contributed by atoms with van der Waals surface area (Å²) in [6, 6.07) is 12.1. The van der Waals surface area contributed by atoms with Crippen LogP contribution in [0.15, 0.2) is 52.3 Å². The highest BCUT2D eigenvalue weighted by Crippen LogP contribution is 2.39. The van der Waals surface area contributed by atoms with Crippen molar-refractivity contribution in [1.29, 1.82) is 0 Å². The van der Waals surface area contributed by atoms with Gasteiger partial charge in [0.1, 0.15) is 11.6 Å². The lowest BCUT2D eigenvalue weighted by molar-refractivity contribution is 0.193. The molecule has 0 radical (unpaired) electrons. The molecule has 2 aromatic carbocycles. The van der Waals surface area contributed by atoms with Crippen molar-refractivity contribution < 1.29 is 14.2 Å². The molecular weight excluding hydrogens is 263 g/mol. The van der Waals surface area contributed by atoms with Gasteiger partial charge in [-0.1, -0.05) is 36.0 Å². The quantitative estimate of drug-likeness (QED) is 0.915. The minimum absolute atomic E-state index is 0.267. The highest BCUT2D eigenvalue weighted by Gasteiger charge is 2.14. The van der Waals surface area contributed by atoms with Gasteiger partial charge in [-0.3, -0.25) is 0 Å². The van der Waals surface area contributed by atoms with E-state index in [-0.39, 0.29) is 5.82 Å². The van der Waals surface area contributed by atoms with Crippen LogP contribution in [0.4, 0.5) is 4.39 Å². The van der Waals surface area contributed by atoms with Crippen LogP contribution in [-0.2, 0) is 0 Å². The Bertz CT molecular complexity index is 570. The van der Waals surface area contributed by atoms with E-state index in [9.17, 15) is 9.50 Å². The number of aliphatic hydroxyl groups is 1. The predicted octanol–water partition coefficient (Wildman–Crippen LogP) is 4.04. The molecule has 100 valence electrons. The number of methoxy groups -OCH3 is 1. The van der Waals surface area contributed by atoms with Crippen LogP contribution < -0.4 is 4.74 Å². The summed E-state index contributed by atoms with van der Waals surface area (Å²) in [5.41, 5.74) is 0.698. The van der Waals surface area contributed by atoms with E-state index in [0.717, 1.165) is 4.90 Å². The first kappa shape index (κ1) is 13.9. The molecule has 2 nitrogen and oxygen atoms in total. The maximum atomic E-state index is 13.7. The molecule has 1 atom stereocenters. The van der Waals surface area contributed by atoms with Crippen molar-refractivity contribution >= 4 is 11.8 Å². The zero-order valence-corrected chi connectivity index (χ0v) is 11.6. The second kappa shape index (κ2) is 6.08. The Morgan fingerprint density at radius 2 is 1.79 bits per heavy atom. The molecule has 2 aromatic rings. The van der Waals surface area contributed by atoms with Crippen LogP contribution in [0.5, 0.6) is 5.75 Å². The summed E-state index contributed by atoms with van der Waals surface area (Å²) in [6.45, 7) is 1.68. The summed E-state index contributed by atoms with van der Waals surface area (Å²) >= 11 is 1.29. The Labute approximate surface area is 116 Å². The van der Waals surface area contributed by atoms with Gasteiger partial charge in [0.2, 0.25) is 0 Å². The Kier molecular flexibility index (Phi) is 4.45. The van der Waals surface area contributed by atoms with Crippen molar-refractivity contribution in [2.24, 2.45) is 0 Å². The Morgan fingerprint density at radius 1 is 1.11 bits per heavy atom. The number of hydrogen-bond donors (Lipinski definition) is 1. The summed E-state index contributed by atoms with van der Waals surface area (Å²) in [5, 5.41) is 9.72. The molecule has 0 saturated carbocycles. The van der Waals surface area contributed by atoms with E-state index in [4.69, 9.17) is 4.74 Å². The van der Waals surface area contributed by atoms with Crippen LogP contribution in [0.25, 0.3) is 0 Å². The summed E-state index contributed by atoms with van der Waals surface area (Å²) < 4.78 is 19.0. The topological polar surface area (TPSA) is 29.5 Å². The van der Waals surface area contributed by atoms with Gasteiger partial charge in [0.15, 0.2) is 0 Å². The number of rotatable bonds is 4. The van der Waals surface area contributed by atoms with E-state index in [1.54, 1.807) is 38.3 Å². The molecular formula is C15H15FO2S. The lowest BCUT2D eigenvalue weighted by atomic mass is 10.1. The SMILES string of the molecule is COc1c(Sc2ccccc2F)cccc1C(C)O. The molecule has 19 heavy (non-hydrogen) atoms. The number of benzene rings is 2. The molecule has 1 unspecified atom stereocenters. The van der Waals surface area contributed by atoms with Crippen molar-refractivity contribution in [3.8, 4) is 5.75 Å². The highest BCUT2D eigenvalue weighted by molar-refractivity contribution is 7.99. The summed E-state index contributed by atoms with van der Waals surface area (Å²) in [5.74, 6) is 0.322. The molecule has 0 aliphatic heterocycles. The Morgan fingerprint density at radius 3 is 2.42 bits per heavy atom. The first-order valence-corrected chi connectivity index (χ1v) is 6.72. The molecule has 0 saturated heterocycles. The molecule has 1 N–H and O–H groups in total. The third-order valence-corrected chi connectivity index (χ3v) is 3.81. The van der Waals surface area contributed by atoms with Gasteiger partial charge in [0.05, 0.1) is 18.1 Å². The molecule has 0 heterocycles. The molecule has 4 heteroatoms. The minimum atomic E-state index is -0.629. The third kappa shape index (κ3) is 3.08. The van der Waals surface area contributed by atoms with Crippen LogP contribution in [0, 0.1) is 5.82 Å². The van der Waals surface area contributed by atoms with Crippen molar-refractivity contribution in [3.05, 3.63) is 53.8 Å². The first-order chi connectivity index (χ1) is 9.13. The van der Waals surface area contributed by atoms with Gasteiger partial charge < -0.3 is 9.84 Å². The molecule has 2 rings (SSSR count). The van der Waals surface area contributed by atoms with Crippen LogP contribution in [-0.4, -0.2) is 12.2 Å². The van der Waals surface area contributed by atoms with E-state index in [1.165, 1.54) is 17.8 Å². The molecule has 0 bridgehead atoms. The number of ether oxygens (including phenoxy) is 1. The normalized spacial score (nSPS) is 12.2. The van der Waals surface area contributed by atoms with Crippen LogP contribution in [0.1, 0.15) is 18.6 Å². The summed E-state index contributed by atoms with van der Waals surface area (Å²) in [4.78, 5) is 1.31. The number of aliphatic hydroxyl groups excluding tert-OH is 1. The van der Waals surface area contributed by atoms with Crippen molar-refractivity contribution in [3.63, 3.8) is 0 Å². The second-order valence-corrected chi connectivity index (χ2v) is 5.17. The lowest BCUT2D eigenvalue weighted by Gasteiger charge is -2.15. The monoisotopic (exact) mass is 278 g/mol. The first-order valence-electron chi connectivity index (χ1n) is 5.91. The zero-order chi connectivity index (χ0) is 13.8. The fraction of sp³-hybridized carbons (Fsp3) is 0.200. The molecule has 0 aromatic heterocycles. The van der Waals surface area contributed by atoms with Gasteiger partial charge >= 0.3 is 0 Å². The van der Waals surface area contributed by atoms with Crippen molar-refractivity contribution in [2.45, 2.75) is 22.8 Å². The maximum Gasteiger partial charge on any atom is 0.138 e. The predicted molar refractivity (Wildman–Crippen MR) is 74.2 cm³/mol. The second-order valence-electron chi connectivity index (χ2n) is 4.09. The standard InChI is InChI=1S/C15H15FO2S/c1-10(17)11-6-5-9-14(15(11)18-2)19-13-8-4-3-7-12(13)16/h3-10,17H,1-2H3.